The molecule has 0 radical (unpaired) electrons. The van der Waals surface area contributed by atoms with Gasteiger partial charge in [0.1, 0.15) is 29.6 Å². The number of hydrazone groups is 1. The minimum atomic E-state index is -0.241. The lowest BCUT2D eigenvalue weighted by Gasteiger charge is -2.41. The number of nitrogens with one attached hydrogen (secondary N) is 4. The maximum Gasteiger partial charge on any atom is 0.196 e. The fraction of sp³-hybridized carbons (Fsp3) is 0.342. The minimum Gasteiger partial charge on any atom is -0.508 e. The summed E-state index contributed by atoms with van der Waals surface area (Å²) in [5.41, 5.74) is 29.3. The van der Waals surface area contributed by atoms with Gasteiger partial charge in [-0.05, 0) is 177 Å². The van der Waals surface area contributed by atoms with Crippen molar-refractivity contribution in [3.8, 4) is 11.5 Å². The maximum absolute atomic E-state index is 10.3. The van der Waals surface area contributed by atoms with Crippen molar-refractivity contribution in [2.75, 3.05) is 38.5 Å². The fourth-order valence-electron chi connectivity index (χ4n) is 14.7. The average Bonchev–Trinajstić information content (AvgIpc) is 1.78. The molecule has 0 fully saturated rings. The first-order valence-electron chi connectivity index (χ1n) is 35.5. The lowest BCUT2D eigenvalue weighted by Crippen LogP contribution is -2.55. The summed E-state index contributed by atoms with van der Waals surface area (Å²) in [6.07, 6.45) is 4.01. The normalized spacial score (nSPS) is 16.6. The number of aromatic hydroxyl groups is 1. The molecule has 0 aliphatic carbocycles. The van der Waals surface area contributed by atoms with Gasteiger partial charge in [-0.3, -0.25) is 24.6 Å². The van der Waals surface area contributed by atoms with Gasteiger partial charge in [0.15, 0.2) is 23.3 Å². The second-order valence-electron chi connectivity index (χ2n) is 28.6. The third-order valence-electron chi connectivity index (χ3n) is 19.7. The van der Waals surface area contributed by atoms with Gasteiger partial charge < -0.3 is 15.6 Å². The number of H-pyrrole nitrogens is 2. The van der Waals surface area contributed by atoms with Crippen molar-refractivity contribution in [1.82, 2.24) is 97.1 Å². The highest BCUT2D eigenvalue weighted by Crippen LogP contribution is 2.41. The molecule has 5 aliphatic heterocycles. The smallest absolute Gasteiger partial charge is 0.196 e. The van der Waals surface area contributed by atoms with Crippen LogP contribution in [0.2, 0.25) is 5.02 Å². The first-order valence-corrected chi connectivity index (χ1v) is 35.8. The molecule has 103 heavy (non-hydrogen) atoms. The Bertz CT molecular complexity index is 4510. The number of hydrogen-bond acceptors (Lipinski definition) is 20. The Morgan fingerprint density at radius 3 is 1.50 bits per heavy atom. The molecule has 0 amide bonds. The third-order valence-corrected chi connectivity index (χ3v) is 20.0. The predicted octanol–water partition coefficient (Wildman–Crippen LogP) is 12.1. The molecule has 7 N–H and O–H groups in total. The van der Waals surface area contributed by atoms with Crippen LogP contribution in [-0.4, -0.2) is 135 Å². The number of rotatable bonds is 14. The van der Waals surface area contributed by atoms with Crippen LogP contribution in [0.5, 0.6) is 11.5 Å². The van der Waals surface area contributed by atoms with Gasteiger partial charge in [-0.2, -0.15) is 10.4 Å². The van der Waals surface area contributed by atoms with E-state index in [0.717, 1.165) is 123 Å². The number of para-hydroxylation sites is 3. The Kier molecular flexibility index (Phi) is 22.1. The standard InChI is InChI=1S/C23H28ClN5O.C22H29N5.C17H18N6.C17H17N5O/c1-5-30-20-9-7-6-8-19(20)21(22-25-26-27-29(22)23(2,3)4)28-13-12-16-10-11-18(24)14-17(16)15-28;1-16-9-5-8-12-19(16)20(21-23-24-25-27(21)22(2,3)4)26-14-13-17-10-6-7-11-18(17)15-26;18-15-8-4-3-7-14(15)16(17-19-21-22-20-17)23-10-9-12-5-1-2-6-13(12)11-23;23-15-8-4-3-7-14(15)16(17-18-20-21-19-17)22-10-9-12-5-1-2-6-13(12)11-22/h6-11,14,21H,5,12-13,15H2,1-4H3;5-12,20,24-25H,13-15H2,1-4H3;1-8,16H,9-11,18H2,(H,19,20,21,22);1-8,16,23H,9-11H2,(H,18,19,20,21). The van der Waals surface area contributed by atoms with Crippen molar-refractivity contribution >= 4 is 23.1 Å². The highest BCUT2D eigenvalue weighted by Gasteiger charge is 2.40. The molecule has 24 heteroatoms. The van der Waals surface area contributed by atoms with Crippen LogP contribution in [-0.2, 0) is 57.4 Å². The first-order chi connectivity index (χ1) is 50.0. The molecular formula is C79H92ClN21O2. The van der Waals surface area contributed by atoms with Crippen LogP contribution in [0.25, 0.3) is 0 Å². The second kappa shape index (κ2) is 32.0. The number of aromatic nitrogens is 12. The minimum absolute atomic E-state index is 0.0863. The Morgan fingerprint density at radius 1 is 0.505 bits per heavy atom. The van der Waals surface area contributed by atoms with Crippen molar-refractivity contribution in [1.29, 1.82) is 0 Å². The summed E-state index contributed by atoms with van der Waals surface area (Å²) in [5.74, 6) is 4.19. The van der Waals surface area contributed by atoms with Gasteiger partial charge in [-0.15, -0.1) is 36.1 Å². The number of ether oxygens (including phenoxy) is 1. The zero-order valence-electron chi connectivity index (χ0n) is 59.9. The van der Waals surface area contributed by atoms with E-state index in [1.807, 2.05) is 78.3 Å². The summed E-state index contributed by atoms with van der Waals surface area (Å²) in [4.78, 5) is 9.61. The molecule has 8 aromatic carbocycles. The number of hydrazine groups is 2. The molecule has 4 unspecified atom stereocenters. The number of amidine groups is 1. The zero-order chi connectivity index (χ0) is 71.6. The van der Waals surface area contributed by atoms with E-state index in [1.165, 1.54) is 55.6 Å². The van der Waals surface area contributed by atoms with E-state index in [9.17, 15) is 5.11 Å². The van der Waals surface area contributed by atoms with E-state index in [-0.39, 0.29) is 41.0 Å². The number of nitrogen functional groups attached to an aromatic ring is 1. The fourth-order valence-corrected chi connectivity index (χ4v) is 14.9. The molecule has 8 heterocycles. The Morgan fingerprint density at radius 2 is 0.971 bits per heavy atom. The van der Waals surface area contributed by atoms with Gasteiger partial charge in [0, 0.05) is 79.8 Å². The number of benzene rings is 8. The average molecular weight is 1400 g/mol. The molecule has 0 bridgehead atoms. The molecule has 0 spiro atoms. The Hall–Kier alpha value is -10.3. The summed E-state index contributed by atoms with van der Waals surface area (Å²) in [6, 6.07) is 63.8. The van der Waals surface area contributed by atoms with Crippen molar-refractivity contribution in [3.63, 3.8) is 0 Å². The van der Waals surface area contributed by atoms with Gasteiger partial charge in [-0.25, -0.2) is 10.2 Å². The quantitative estimate of drug-likeness (QED) is 0.0553. The van der Waals surface area contributed by atoms with Crippen molar-refractivity contribution in [3.05, 3.63) is 283 Å². The van der Waals surface area contributed by atoms with Crippen LogP contribution in [0.15, 0.2) is 193 Å². The molecule has 5 aliphatic rings. The summed E-state index contributed by atoms with van der Waals surface area (Å²) in [7, 11) is 0. The number of halogens is 1. The van der Waals surface area contributed by atoms with E-state index in [1.54, 1.807) is 6.07 Å². The number of phenols is 1. The second-order valence-corrected chi connectivity index (χ2v) is 29.0. The third kappa shape index (κ3) is 16.3. The van der Waals surface area contributed by atoms with Crippen LogP contribution in [0.3, 0.4) is 0 Å². The largest absolute Gasteiger partial charge is 0.508 e. The molecule has 0 saturated heterocycles. The molecule has 16 rings (SSSR count). The van der Waals surface area contributed by atoms with Crippen LogP contribution >= 0.6 is 11.6 Å². The number of aromatic amines is 2. The van der Waals surface area contributed by atoms with E-state index in [0.29, 0.717) is 18.3 Å². The molecule has 3 aromatic heterocycles. The summed E-state index contributed by atoms with van der Waals surface area (Å²) in [5, 5.41) is 60.0. The lowest BCUT2D eigenvalue weighted by atomic mass is 9.93. The molecular weight excluding hydrogens is 1310 g/mol. The maximum atomic E-state index is 10.3. The van der Waals surface area contributed by atoms with Crippen LogP contribution in [0, 0.1) is 6.92 Å². The van der Waals surface area contributed by atoms with Gasteiger partial charge in [-0.1, -0.05) is 180 Å². The molecule has 532 valence electrons. The van der Waals surface area contributed by atoms with E-state index in [2.05, 4.69) is 261 Å². The number of nitrogens with two attached hydrogens (primary N) is 1. The van der Waals surface area contributed by atoms with E-state index >= 15 is 0 Å². The number of tetrazole rings is 3. The molecule has 4 atom stereocenters. The van der Waals surface area contributed by atoms with Gasteiger partial charge in [0.05, 0.1) is 23.7 Å². The van der Waals surface area contributed by atoms with Gasteiger partial charge >= 0.3 is 0 Å². The number of phenolic OH excluding ortho intramolecular Hbond substituents is 1. The molecule has 11 aromatic rings. The monoisotopic (exact) mass is 1400 g/mol. The zero-order valence-corrected chi connectivity index (χ0v) is 60.6. The molecule has 0 saturated carbocycles. The van der Waals surface area contributed by atoms with E-state index in [4.69, 9.17) is 22.1 Å². The first kappa shape index (κ1) is 71.1. The van der Waals surface area contributed by atoms with Gasteiger partial charge in [0.25, 0.3) is 0 Å². The van der Waals surface area contributed by atoms with Crippen molar-refractivity contribution in [2.24, 2.45) is 5.10 Å². The molecule has 23 nitrogen and oxygen atoms in total. The topological polar surface area (TPSA) is 261 Å². The number of fused-ring (bicyclic) bond motifs is 4. The summed E-state index contributed by atoms with van der Waals surface area (Å²) < 4.78 is 7.92. The lowest BCUT2D eigenvalue weighted by molar-refractivity contribution is 0.138. The van der Waals surface area contributed by atoms with Gasteiger partial charge in [0.2, 0.25) is 0 Å². The van der Waals surface area contributed by atoms with Crippen LogP contribution in [0.1, 0.15) is 162 Å². The SMILES string of the molecule is CCOc1ccccc1C(c1nnnn1C(C)(C)C)N1CCc2ccc(Cl)cc2C1.Cc1ccccc1C(C1=NNNN1C(C)(C)C)N1CCc2ccccc2C1.Nc1ccccc1C(c1nn[nH]n1)N1CCc2ccccc2C1.Oc1ccccc1C(c1nn[nH]n1)N1CCc2ccccc2C1. The highest BCUT2D eigenvalue weighted by atomic mass is 35.5. The number of anilines is 1. The van der Waals surface area contributed by atoms with Crippen LogP contribution in [0.4, 0.5) is 5.69 Å². The number of nitrogens with zero attached hydrogens (tertiary/aromatic N) is 16. The van der Waals surface area contributed by atoms with Crippen molar-refractivity contribution < 1.29 is 9.84 Å². The Labute approximate surface area is 607 Å². The van der Waals surface area contributed by atoms with Crippen molar-refractivity contribution in [2.45, 2.75) is 142 Å². The summed E-state index contributed by atoms with van der Waals surface area (Å²) in [6.45, 7) is 24.8. The van der Waals surface area contributed by atoms with E-state index < -0.39 is 0 Å². The number of aryl methyl sites for hydroxylation is 1. The predicted molar refractivity (Wildman–Crippen MR) is 400 cm³/mol. The number of hydrogen-bond donors (Lipinski definition) is 6. The summed E-state index contributed by atoms with van der Waals surface area (Å²) >= 11 is 6.30. The van der Waals surface area contributed by atoms with Crippen LogP contribution < -0.4 is 21.5 Å². The highest BCUT2D eigenvalue weighted by molar-refractivity contribution is 6.30. The Balaban J connectivity index is 0.000000123.